The summed E-state index contributed by atoms with van der Waals surface area (Å²) in [6.45, 7) is 0.607. The monoisotopic (exact) mass is 399 g/mol. The summed E-state index contributed by atoms with van der Waals surface area (Å²) in [7, 11) is 1.52. The molecule has 0 fully saturated rings. The van der Waals surface area contributed by atoms with Crippen molar-refractivity contribution in [3.8, 4) is 11.8 Å². The lowest BCUT2D eigenvalue weighted by Gasteiger charge is -2.09. The summed E-state index contributed by atoms with van der Waals surface area (Å²) in [6, 6.07) is 16.9. The summed E-state index contributed by atoms with van der Waals surface area (Å²) in [5.74, 6) is 0.0513. The van der Waals surface area contributed by atoms with Gasteiger partial charge >= 0.3 is 0 Å². The first-order valence-electron chi connectivity index (χ1n) is 7.67. The van der Waals surface area contributed by atoms with Crippen LogP contribution < -0.4 is 15.4 Å². The van der Waals surface area contributed by atoms with Gasteiger partial charge in [0.1, 0.15) is 17.4 Å². The summed E-state index contributed by atoms with van der Waals surface area (Å²) < 4.78 is 6.22. The fourth-order valence-corrected chi connectivity index (χ4v) is 2.65. The number of hydrogen-bond acceptors (Lipinski definition) is 4. The Labute approximate surface area is 155 Å². The lowest BCUT2D eigenvalue weighted by Crippen LogP contribution is -2.18. The van der Waals surface area contributed by atoms with Crippen LogP contribution >= 0.6 is 15.9 Å². The average molecular weight is 400 g/mol. The van der Waals surface area contributed by atoms with Crippen molar-refractivity contribution in [1.29, 1.82) is 5.26 Å². The van der Waals surface area contributed by atoms with E-state index in [4.69, 9.17) is 4.74 Å². The topological polar surface area (TPSA) is 74.1 Å². The number of halogens is 1. The van der Waals surface area contributed by atoms with Gasteiger partial charge in [0.2, 0.25) is 0 Å². The van der Waals surface area contributed by atoms with Crippen molar-refractivity contribution in [2.75, 3.05) is 19.0 Å². The van der Waals surface area contributed by atoms with Crippen LogP contribution in [-0.2, 0) is 11.2 Å². The van der Waals surface area contributed by atoms with Gasteiger partial charge in [-0.15, -0.1) is 0 Å². The molecule has 6 heteroatoms. The van der Waals surface area contributed by atoms with Gasteiger partial charge in [-0.1, -0.05) is 46.3 Å². The maximum Gasteiger partial charge on any atom is 0.267 e. The van der Waals surface area contributed by atoms with Crippen LogP contribution in [0.2, 0.25) is 0 Å². The van der Waals surface area contributed by atoms with E-state index < -0.39 is 5.91 Å². The van der Waals surface area contributed by atoms with E-state index >= 15 is 0 Å². The normalized spacial score (nSPS) is 10.7. The van der Waals surface area contributed by atoms with E-state index in [0.29, 0.717) is 18.0 Å². The van der Waals surface area contributed by atoms with E-state index in [2.05, 4.69) is 26.6 Å². The second-order valence-corrected chi connectivity index (χ2v) is 5.97. The second kappa shape index (κ2) is 9.50. The van der Waals surface area contributed by atoms with Crippen LogP contribution in [0.15, 0.2) is 64.8 Å². The molecule has 1 amide bonds. The predicted molar refractivity (Wildman–Crippen MR) is 101 cm³/mol. The Morgan fingerprint density at radius 3 is 2.68 bits per heavy atom. The highest BCUT2D eigenvalue weighted by Gasteiger charge is 2.11. The molecule has 0 aromatic heterocycles. The van der Waals surface area contributed by atoms with Gasteiger partial charge in [-0.3, -0.25) is 4.79 Å². The smallest absolute Gasteiger partial charge is 0.267 e. The number of carbonyl (C=O) groups is 1. The molecular weight excluding hydrogens is 382 g/mol. The van der Waals surface area contributed by atoms with Gasteiger partial charge in [0.25, 0.3) is 5.91 Å². The zero-order valence-corrected chi connectivity index (χ0v) is 15.3. The molecule has 2 N–H and O–H groups in total. The van der Waals surface area contributed by atoms with E-state index in [0.717, 1.165) is 16.5 Å². The van der Waals surface area contributed by atoms with Crippen molar-refractivity contribution in [3.63, 3.8) is 0 Å². The van der Waals surface area contributed by atoms with E-state index in [1.54, 1.807) is 24.3 Å². The first-order valence-corrected chi connectivity index (χ1v) is 8.46. The Bertz CT molecular complexity index is 812. The Morgan fingerprint density at radius 1 is 1.24 bits per heavy atom. The molecule has 0 saturated heterocycles. The Balaban J connectivity index is 1.94. The largest absolute Gasteiger partial charge is 0.495 e. The van der Waals surface area contributed by atoms with Gasteiger partial charge in [-0.25, -0.2) is 0 Å². The fraction of sp³-hybridized carbons (Fsp3) is 0.158. The minimum Gasteiger partial charge on any atom is -0.495 e. The number of amides is 1. The summed E-state index contributed by atoms with van der Waals surface area (Å²) in [4.78, 5) is 12.2. The van der Waals surface area contributed by atoms with Gasteiger partial charge in [0, 0.05) is 17.2 Å². The predicted octanol–water partition coefficient (Wildman–Crippen LogP) is 3.64. The molecule has 2 rings (SSSR count). The number of benzene rings is 2. The maximum atomic E-state index is 12.2. The van der Waals surface area contributed by atoms with Gasteiger partial charge in [-0.2, -0.15) is 5.26 Å². The van der Waals surface area contributed by atoms with Crippen LogP contribution in [-0.4, -0.2) is 19.6 Å². The highest BCUT2D eigenvalue weighted by Crippen LogP contribution is 2.23. The number of nitrogens with one attached hydrogen (secondary N) is 2. The highest BCUT2D eigenvalue weighted by atomic mass is 79.9. The van der Waals surface area contributed by atoms with E-state index in [9.17, 15) is 10.1 Å². The van der Waals surface area contributed by atoms with Gasteiger partial charge in [0.15, 0.2) is 0 Å². The van der Waals surface area contributed by atoms with Gasteiger partial charge < -0.3 is 15.4 Å². The van der Waals surface area contributed by atoms with Gasteiger partial charge in [-0.05, 0) is 30.2 Å². The summed E-state index contributed by atoms with van der Waals surface area (Å²) in [6.07, 6.45) is 2.20. The molecule has 5 nitrogen and oxygen atoms in total. The molecule has 0 radical (unpaired) electrons. The molecule has 0 bridgehead atoms. The van der Waals surface area contributed by atoms with Crippen molar-refractivity contribution in [3.05, 3.63) is 70.3 Å². The lowest BCUT2D eigenvalue weighted by molar-refractivity contribution is -0.112. The first kappa shape index (κ1) is 18.6. The molecule has 128 valence electrons. The van der Waals surface area contributed by atoms with Crippen molar-refractivity contribution in [2.45, 2.75) is 6.42 Å². The lowest BCUT2D eigenvalue weighted by atomic mass is 10.1. The van der Waals surface area contributed by atoms with Crippen LogP contribution in [0.1, 0.15) is 5.56 Å². The summed E-state index contributed by atoms with van der Waals surface area (Å²) in [5, 5.41) is 14.9. The molecule has 0 saturated carbocycles. The number of hydrogen-bond donors (Lipinski definition) is 2. The van der Waals surface area contributed by atoms with E-state index in [1.165, 1.54) is 13.3 Å². The summed E-state index contributed by atoms with van der Waals surface area (Å²) >= 11 is 3.49. The quantitative estimate of drug-likeness (QED) is 0.423. The molecule has 0 aliphatic carbocycles. The molecule has 0 aliphatic heterocycles. The SMILES string of the molecule is COc1ccccc1NC(=O)/C(C#N)=C\NCCc1ccccc1Br. The molecule has 0 heterocycles. The van der Waals surface area contributed by atoms with Crippen molar-refractivity contribution in [1.82, 2.24) is 5.32 Å². The molecule has 2 aromatic rings. The third-order valence-electron chi connectivity index (χ3n) is 3.46. The number of nitrogens with zero attached hydrogens (tertiary/aromatic N) is 1. The Morgan fingerprint density at radius 2 is 1.96 bits per heavy atom. The molecule has 0 aliphatic rings. The Kier molecular flexibility index (Phi) is 7.05. The first-order chi connectivity index (χ1) is 12.2. The molecular formula is C19H18BrN3O2. The number of ether oxygens (including phenoxy) is 1. The number of nitriles is 1. The molecule has 0 atom stereocenters. The van der Waals surface area contributed by atoms with E-state index in [1.807, 2.05) is 30.3 Å². The third kappa shape index (κ3) is 5.37. The van der Waals surface area contributed by atoms with Crippen LogP contribution in [0.25, 0.3) is 0 Å². The van der Waals surface area contributed by atoms with Crippen LogP contribution in [0.5, 0.6) is 5.75 Å². The standard InChI is InChI=1S/C19H18BrN3O2/c1-25-18-9-5-4-8-17(18)23-19(24)15(12-21)13-22-11-10-14-6-2-3-7-16(14)20/h2-9,13,22H,10-11H2,1H3,(H,23,24)/b15-13-. The van der Waals surface area contributed by atoms with Crippen molar-refractivity contribution in [2.24, 2.45) is 0 Å². The van der Waals surface area contributed by atoms with Crippen LogP contribution in [0, 0.1) is 11.3 Å². The molecule has 0 unspecified atom stereocenters. The van der Waals surface area contributed by atoms with Crippen LogP contribution in [0.3, 0.4) is 0 Å². The maximum absolute atomic E-state index is 12.2. The molecule has 2 aromatic carbocycles. The molecule has 25 heavy (non-hydrogen) atoms. The third-order valence-corrected chi connectivity index (χ3v) is 4.24. The van der Waals surface area contributed by atoms with Crippen LogP contribution in [0.4, 0.5) is 5.69 Å². The zero-order valence-electron chi connectivity index (χ0n) is 13.8. The zero-order chi connectivity index (χ0) is 18.1. The number of rotatable bonds is 7. The highest BCUT2D eigenvalue weighted by molar-refractivity contribution is 9.10. The second-order valence-electron chi connectivity index (χ2n) is 5.12. The van der Waals surface area contributed by atoms with Crippen molar-refractivity contribution < 1.29 is 9.53 Å². The minimum absolute atomic E-state index is 0.00182. The molecule has 0 spiro atoms. The van der Waals surface area contributed by atoms with E-state index in [-0.39, 0.29) is 5.57 Å². The number of methoxy groups -OCH3 is 1. The fourth-order valence-electron chi connectivity index (χ4n) is 2.17. The number of anilines is 1. The minimum atomic E-state index is -0.486. The average Bonchev–Trinajstić information content (AvgIpc) is 2.63. The number of para-hydroxylation sites is 2. The van der Waals surface area contributed by atoms with Gasteiger partial charge in [0.05, 0.1) is 12.8 Å². The van der Waals surface area contributed by atoms with Crippen molar-refractivity contribution >= 4 is 27.5 Å². The number of carbonyl (C=O) groups excluding carboxylic acids is 1. The summed E-state index contributed by atoms with van der Waals surface area (Å²) in [5.41, 5.74) is 1.67. The Hall–Kier alpha value is -2.78.